The van der Waals surface area contributed by atoms with Gasteiger partial charge >= 0.3 is 0 Å². The highest BCUT2D eigenvalue weighted by atomic mass is 32.2. The van der Waals surface area contributed by atoms with Crippen LogP contribution in [0.15, 0.2) is 89.1 Å². The molecule has 6 rings (SSSR count). The number of para-hydroxylation sites is 1. The van der Waals surface area contributed by atoms with E-state index >= 15 is 0 Å². The van der Waals surface area contributed by atoms with E-state index in [0.29, 0.717) is 11.6 Å². The number of hydrogen-bond acceptors (Lipinski definition) is 7. The van der Waals surface area contributed by atoms with Crippen LogP contribution in [0.25, 0.3) is 15.2 Å². The second-order valence-electron chi connectivity index (χ2n) is 8.10. The molecule has 174 valence electrons. The topological polar surface area (TPSA) is 72.1 Å². The summed E-state index contributed by atoms with van der Waals surface area (Å²) in [5.41, 5.74) is 4.00. The molecule has 3 heterocycles. The molecular weight excluding hydrogens is 478 g/mol. The molecule has 1 atom stereocenters. The van der Waals surface area contributed by atoms with Crippen LogP contribution in [0.3, 0.4) is 0 Å². The summed E-state index contributed by atoms with van der Waals surface area (Å²) < 4.78 is 8.46. The van der Waals surface area contributed by atoms with E-state index in [-0.39, 0.29) is 17.7 Å². The second kappa shape index (κ2) is 9.16. The van der Waals surface area contributed by atoms with Crippen LogP contribution in [0.1, 0.15) is 23.6 Å². The molecular formula is C26H21N5O2S2. The fourth-order valence-electron chi connectivity index (χ4n) is 4.27. The number of carbonyl (C=O) groups is 1. The number of thiazole rings is 1. The predicted octanol–water partition coefficient (Wildman–Crippen LogP) is 5.42. The first-order valence-electron chi connectivity index (χ1n) is 11.2. The normalized spacial score (nSPS) is 15.6. The standard InChI is InChI=1S/C26H21N5O2S2/c1-33-19-13-11-18(12-14-19)22-15-20(17-7-3-2-4-8-17)29-31(22)24(32)16-34-25-27-28-26-30(25)21-9-5-6-10-23(21)35-26/h2-14,22H,15-16H2,1H3. The van der Waals surface area contributed by atoms with Crippen LogP contribution in [0.5, 0.6) is 5.75 Å². The van der Waals surface area contributed by atoms with Gasteiger partial charge in [-0.1, -0.05) is 77.7 Å². The van der Waals surface area contributed by atoms with E-state index in [1.165, 1.54) is 11.8 Å². The van der Waals surface area contributed by atoms with Gasteiger partial charge in [0, 0.05) is 6.42 Å². The predicted molar refractivity (Wildman–Crippen MR) is 139 cm³/mol. The van der Waals surface area contributed by atoms with Gasteiger partial charge in [0.1, 0.15) is 5.75 Å². The molecule has 9 heteroatoms. The number of hydrogen-bond donors (Lipinski definition) is 0. The van der Waals surface area contributed by atoms with Gasteiger partial charge in [-0.25, -0.2) is 5.01 Å². The smallest absolute Gasteiger partial charge is 0.253 e. The molecule has 5 aromatic rings. The summed E-state index contributed by atoms with van der Waals surface area (Å²) in [6.45, 7) is 0. The number of fused-ring (bicyclic) bond motifs is 3. The molecule has 0 spiro atoms. The lowest BCUT2D eigenvalue weighted by molar-refractivity contribution is -0.130. The van der Waals surface area contributed by atoms with Crippen LogP contribution in [-0.4, -0.2) is 44.1 Å². The summed E-state index contributed by atoms with van der Waals surface area (Å²) in [7, 11) is 1.65. The number of nitrogens with zero attached hydrogens (tertiary/aromatic N) is 5. The van der Waals surface area contributed by atoms with Crippen molar-refractivity contribution in [1.29, 1.82) is 0 Å². The third kappa shape index (κ3) is 4.06. The van der Waals surface area contributed by atoms with Crippen LogP contribution in [0.4, 0.5) is 0 Å². The van der Waals surface area contributed by atoms with Crippen molar-refractivity contribution in [2.24, 2.45) is 5.10 Å². The summed E-state index contributed by atoms with van der Waals surface area (Å²) in [5.74, 6) is 0.921. The molecule has 0 bridgehead atoms. The maximum Gasteiger partial charge on any atom is 0.253 e. The molecule has 2 aromatic heterocycles. The van der Waals surface area contributed by atoms with Crippen LogP contribution < -0.4 is 4.74 Å². The van der Waals surface area contributed by atoms with Crippen molar-refractivity contribution in [3.63, 3.8) is 0 Å². The number of benzene rings is 3. The van der Waals surface area contributed by atoms with Gasteiger partial charge in [-0.05, 0) is 35.4 Å². The van der Waals surface area contributed by atoms with Crippen molar-refractivity contribution in [2.45, 2.75) is 17.6 Å². The van der Waals surface area contributed by atoms with Crippen LogP contribution in [0.2, 0.25) is 0 Å². The number of hydrazone groups is 1. The summed E-state index contributed by atoms with van der Waals surface area (Å²) in [6, 6.07) is 25.8. The van der Waals surface area contributed by atoms with Gasteiger partial charge in [0.05, 0.1) is 34.8 Å². The molecule has 0 radical (unpaired) electrons. The monoisotopic (exact) mass is 499 g/mol. The fourth-order valence-corrected chi connectivity index (χ4v) is 6.09. The summed E-state index contributed by atoms with van der Waals surface area (Å²) in [4.78, 5) is 14.3. The minimum absolute atomic E-state index is 0.0713. The van der Waals surface area contributed by atoms with Gasteiger partial charge in [0.15, 0.2) is 5.16 Å². The molecule has 0 saturated heterocycles. The Morgan fingerprint density at radius 2 is 1.80 bits per heavy atom. The second-order valence-corrected chi connectivity index (χ2v) is 10.1. The van der Waals surface area contributed by atoms with Crippen LogP contribution in [-0.2, 0) is 4.79 Å². The van der Waals surface area contributed by atoms with Gasteiger partial charge in [-0.2, -0.15) is 5.10 Å². The lowest BCUT2D eigenvalue weighted by Crippen LogP contribution is -2.28. The molecule has 0 aliphatic carbocycles. The van der Waals surface area contributed by atoms with Crippen molar-refractivity contribution in [3.05, 3.63) is 90.0 Å². The van der Waals surface area contributed by atoms with E-state index in [4.69, 9.17) is 9.84 Å². The molecule has 7 nitrogen and oxygen atoms in total. The number of rotatable bonds is 6. The molecule has 3 aromatic carbocycles. The Morgan fingerprint density at radius 1 is 1.03 bits per heavy atom. The Morgan fingerprint density at radius 3 is 2.60 bits per heavy atom. The summed E-state index contributed by atoms with van der Waals surface area (Å²) in [6.07, 6.45) is 0.650. The van der Waals surface area contributed by atoms with E-state index in [1.54, 1.807) is 23.5 Å². The molecule has 1 aliphatic heterocycles. The zero-order valence-electron chi connectivity index (χ0n) is 18.9. The van der Waals surface area contributed by atoms with Crippen molar-refractivity contribution < 1.29 is 9.53 Å². The van der Waals surface area contributed by atoms with Crippen molar-refractivity contribution in [2.75, 3.05) is 12.9 Å². The van der Waals surface area contributed by atoms with Crippen LogP contribution in [0, 0.1) is 0 Å². The largest absolute Gasteiger partial charge is 0.497 e. The average Bonchev–Trinajstić information content (AvgIpc) is 3.62. The Kier molecular flexibility index (Phi) is 5.71. The number of amides is 1. The number of carbonyl (C=O) groups excluding carboxylic acids is 1. The van der Waals surface area contributed by atoms with E-state index in [1.807, 2.05) is 77.2 Å². The van der Waals surface area contributed by atoms with Gasteiger partial charge in [0.25, 0.3) is 5.91 Å². The summed E-state index contributed by atoms with van der Waals surface area (Å²) >= 11 is 2.98. The molecule has 35 heavy (non-hydrogen) atoms. The highest BCUT2D eigenvalue weighted by Crippen LogP contribution is 2.35. The number of methoxy groups -OCH3 is 1. The van der Waals surface area contributed by atoms with E-state index in [9.17, 15) is 4.79 Å². The molecule has 0 fully saturated rings. The molecule has 0 saturated carbocycles. The summed E-state index contributed by atoms with van der Waals surface area (Å²) in [5, 5.41) is 15.7. The average molecular weight is 500 g/mol. The van der Waals surface area contributed by atoms with Crippen molar-refractivity contribution in [3.8, 4) is 5.75 Å². The quantitative estimate of drug-likeness (QED) is 0.292. The number of thioether (sulfide) groups is 1. The Hall–Kier alpha value is -3.69. The Balaban J connectivity index is 1.28. The zero-order valence-corrected chi connectivity index (χ0v) is 20.5. The van der Waals surface area contributed by atoms with E-state index < -0.39 is 0 Å². The number of ether oxygens (including phenoxy) is 1. The molecule has 1 amide bonds. The minimum atomic E-state index is -0.176. The third-order valence-corrected chi connectivity index (χ3v) is 7.93. The van der Waals surface area contributed by atoms with E-state index in [2.05, 4.69) is 16.3 Å². The first kappa shape index (κ1) is 21.8. The highest BCUT2D eigenvalue weighted by molar-refractivity contribution is 7.99. The highest BCUT2D eigenvalue weighted by Gasteiger charge is 2.33. The van der Waals surface area contributed by atoms with Crippen molar-refractivity contribution in [1.82, 2.24) is 19.6 Å². The molecule has 0 N–H and O–H groups in total. The Labute approximate surface area is 210 Å². The zero-order chi connectivity index (χ0) is 23.8. The SMILES string of the molecule is COc1ccc(C2CC(c3ccccc3)=NN2C(=O)CSc2nnc3sc4ccccc4n23)cc1. The van der Waals surface area contributed by atoms with Gasteiger partial charge < -0.3 is 4.74 Å². The third-order valence-electron chi connectivity index (χ3n) is 6.01. The lowest BCUT2D eigenvalue weighted by atomic mass is 9.98. The van der Waals surface area contributed by atoms with E-state index in [0.717, 1.165) is 37.8 Å². The maximum absolute atomic E-state index is 13.5. The first-order valence-corrected chi connectivity index (χ1v) is 13.0. The number of aromatic nitrogens is 3. The van der Waals surface area contributed by atoms with Gasteiger partial charge in [0.2, 0.25) is 4.96 Å². The Bertz CT molecular complexity index is 1540. The molecule has 1 aliphatic rings. The first-order chi connectivity index (χ1) is 17.2. The van der Waals surface area contributed by atoms with Gasteiger partial charge in [-0.3, -0.25) is 9.20 Å². The molecule has 1 unspecified atom stereocenters. The van der Waals surface area contributed by atoms with Gasteiger partial charge in [-0.15, -0.1) is 10.2 Å². The minimum Gasteiger partial charge on any atom is -0.497 e. The van der Waals surface area contributed by atoms with Crippen LogP contribution >= 0.6 is 23.1 Å². The van der Waals surface area contributed by atoms with Crippen molar-refractivity contribution >= 4 is 49.9 Å². The fraction of sp³-hybridized carbons (Fsp3) is 0.154. The maximum atomic E-state index is 13.5. The lowest BCUT2D eigenvalue weighted by Gasteiger charge is -2.22.